The lowest BCUT2D eigenvalue weighted by Gasteiger charge is -2.23. The largest absolute Gasteiger partial charge is 0.540 e. The van der Waals surface area contributed by atoms with Gasteiger partial charge in [-0.05, 0) is 6.92 Å². The normalized spacial score (nSPS) is 11.1. The van der Waals surface area contributed by atoms with Gasteiger partial charge in [-0.1, -0.05) is 0 Å². The Morgan fingerprint density at radius 3 is 1.93 bits per heavy atom. The van der Waals surface area contributed by atoms with E-state index in [-0.39, 0.29) is 12.8 Å². The molecule has 0 saturated heterocycles. The first kappa shape index (κ1) is 13.4. The van der Waals surface area contributed by atoms with E-state index in [9.17, 15) is 4.79 Å². The highest BCUT2D eigenvalue weighted by Gasteiger charge is 2.40. The Balaban J connectivity index is 3.99. The molecule has 0 heterocycles. The molecule has 0 aliphatic heterocycles. The molecular formula is C7H16O6Si. The van der Waals surface area contributed by atoms with Gasteiger partial charge in [0.15, 0.2) is 6.23 Å². The second-order valence-electron chi connectivity index (χ2n) is 2.27. The Morgan fingerprint density at radius 2 is 1.57 bits per heavy atom. The van der Waals surface area contributed by atoms with Crippen molar-refractivity contribution in [2.24, 2.45) is 0 Å². The average Bonchev–Trinajstić information content (AvgIpc) is 2.21. The maximum absolute atomic E-state index is 10.8. The van der Waals surface area contributed by atoms with E-state index in [2.05, 4.69) is 4.74 Å². The van der Waals surface area contributed by atoms with E-state index >= 15 is 0 Å². The molecule has 0 bridgehead atoms. The summed E-state index contributed by atoms with van der Waals surface area (Å²) in [6.07, 6.45) is -0.814. The van der Waals surface area contributed by atoms with Gasteiger partial charge in [0.25, 0.3) is 0 Å². The van der Waals surface area contributed by atoms with Crippen molar-refractivity contribution in [2.75, 3.05) is 34.2 Å². The van der Waals surface area contributed by atoms with Crippen molar-refractivity contribution in [1.82, 2.24) is 0 Å². The smallest absolute Gasteiger partial charge is 0.435 e. The molecule has 0 amide bonds. The molecule has 84 valence electrons. The van der Waals surface area contributed by atoms with Gasteiger partial charge in [-0.2, -0.15) is 0 Å². The van der Waals surface area contributed by atoms with Crippen LogP contribution in [0.25, 0.3) is 0 Å². The summed E-state index contributed by atoms with van der Waals surface area (Å²) >= 11 is 0. The molecule has 14 heavy (non-hydrogen) atoms. The van der Waals surface area contributed by atoms with Crippen LogP contribution < -0.4 is 0 Å². The van der Waals surface area contributed by atoms with Gasteiger partial charge in [0.05, 0.1) is 6.61 Å². The molecule has 0 radical (unpaired) electrons. The van der Waals surface area contributed by atoms with Crippen LogP contribution in [0.5, 0.6) is 0 Å². The van der Waals surface area contributed by atoms with Gasteiger partial charge in [-0.25, -0.2) is 4.79 Å². The van der Waals surface area contributed by atoms with Crippen LogP contribution in [0.4, 0.5) is 4.79 Å². The highest BCUT2D eigenvalue weighted by molar-refractivity contribution is 6.60. The molecule has 0 fully saturated rings. The van der Waals surface area contributed by atoms with E-state index in [0.29, 0.717) is 0 Å². The van der Waals surface area contributed by atoms with Gasteiger partial charge >= 0.3 is 15.0 Å². The predicted octanol–water partition coefficient (Wildman–Crippen LogP) is 0.577. The lowest BCUT2D eigenvalue weighted by Crippen LogP contribution is -2.48. The first-order chi connectivity index (χ1) is 6.64. The van der Waals surface area contributed by atoms with Crippen molar-refractivity contribution in [2.45, 2.75) is 6.92 Å². The molecule has 7 heteroatoms. The number of carbonyl (C=O) groups excluding carboxylic acids is 1. The maximum Gasteiger partial charge on any atom is 0.540 e. The van der Waals surface area contributed by atoms with E-state index in [0.717, 1.165) is 0 Å². The molecular weight excluding hydrogens is 208 g/mol. The van der Waals surface area contributed by atoms with Crippen molar-refractivity contribution in [3.63, 3.8) is 0 Å². The molecule has 0 spiro atoms. The van der Waals surface area contributed by atoms with Crippen LogP contribution in [0.2, 0.25) is 0 Å². The Labute approximate surface area is 84.4 Å². The third-order valence-corrected chi connectivity index (χ3v) is 3.93. The van der Waals surface area contributed by atoms with Crippen molar-refractivity contribution < 1.29 is 27.5 Å². The molecule has 0 aromatic carbocycles. The molecule has 6 nitrogen and oxygen atoms in total. The quantitative estimate of drug-likeness (QED) is 0.485. The molecule has 0 saturated carbocycles. The summed E-state index contributed by atoms with van der Waals surface area (Å²) < 4.78 is 24.4. The molecule has 0 aliphatic rings. The van der Waals surface area contributed by atoms with Gasteiger partial charge in [-0.15, -0.1) is 0 Å². The van der Waals surface area contributed by atoms with Gasteiger partial charge < -0.3 is 22.8 Å². The van der Waals surface area contributed by atoms with Crippen molar-refractivity contribution in [3.05, 3.63) is 0 Å². The highest BCUT2D eigenvalue weighted by Crippen LogP contribution is 2.06. The lowest BCUT2D eigenvalue weighted by atomic mass is 10.9. The standard InChI is InChI=1S/C7H16O6Si/c1-5-12-7(8)13-6-14(9-2,10-3)11-4/h5-6H2,1-4H3. The summed E-state index contributed by atoms with van der Waals surface area (Å²) in [6, 6.07) is 0. The zero-order valence-corrected chi connectivity index (χ0v) is 9.86. The number of hydrogen-bond donors (Lipinski definition) is 0. The summed E-state index contributed by atoms with van der Waals surface area (Å²) in [5.41, 5.74) is 0. The number of rotatable bonds is 6. The minimum Gasteiger partial charge on any atom is -0.435 e. The van der Waals surface area contributed by atoms with Crippen LogP contribution in [-0.4, -0.2) is 49.1 Å². The zero-order valence-electron chi connectivity index (χ0n) is 8.86. The summed E-state index contributed by atoms with van der Waals surface area (Å²) in [5.74, 6) is 0. The van der Waals surface area contributed by atoms with Crippen LogP contribution in [-0.2, 0) is 22.8 Å². The van der Waals surface area contributed by atoms with Crippen LogP contribution in [0.3, 0.4) is 0 Å². The van der Waals surface area contributed by atoms with E-state index in [1.165, 1.54) is 21.3 Å². The molecule has 0 rings (SSSR count). The van der Waals surface area contributed by atoms with E-state index in [1.54, 1.807) is 6.92 Å². The SMILES string of the molecule is CCOC(=O)OC[Si](OC)(OC)OC. The third kappa shape index (κ3) is 4.05. The van der Waals surface area contributed by atoms with Gasteiger partial charge in [0, 0.05) is 21.3 Å². The molecule has 0 aromatic rings. The van der Waals surface area contributed by atoms with Crippen LogP contribution in [0.15, 0.2) is 0 Å². The topological polar surface area (TPSA) is 63.2 Å². The van der Waals surface area contributed by atoms with E-state index in [1.807, 2.05) is 0 Å². The van der Waals surface area contributed by atoms with Gasteiger partial charge in [0.2, 0.25) is 0 Å². The lowest BCUT2D eigenvalue weighted by molar-refractivity contribution is 0.0408. The van der Waals surface area contributed by atoms with Gasteiger partial charge in [-0.3, -0.25) is 0 Å². The number of ether oxygens (including phenoxy) is 2. The minimum absolute atomic E-state index is 0.0602. The van der Waals surface area contributed by atoms with Crippen LogP contribution in [0.1, 0.15) is 6.92 Å². The third-order valence-electron chi connectivity index (χ3n) is 1.56. The second kappa shape index (κ2) is 6.77. The molecule has 0 aromatic heterocycles. The Bertz CT molecular complexity index is 161. The maximum atomic E-state index is 10.8. The number of carbonyl (C=O) groups is 1. The molecule has 0 atom stereocenters. The highest BCUT2D eigenvalue weighted by atomic mass is 28.4. The fourth-order valence-corrected chi connectivity index (χ4v) is 1.88. The minimum atomic E-state index is -2.83. The summed E-state index contributed by atoms with van der Waals surface area (Å²) in [4.78, 5) is 10.8. The van der Waals surface area contributed by atoms with E-state index < -0.39 is 15.0 Å². The monoisotopic (exact) mass is 224 g/mol. The Kier molecular flexibility index (Phi) is 6.46. The average molecular weight is 224 g/mol. The Hall–Kier alpha value is -0.633. The van der Waals surface area contributed by atoms with Crippen LogP contribution in [0, 0.1) is 0 Å². The first-order valence-corrected chi connectivity index (χ1v) is 6.02. The fourth-order valence-electron chi connectivity index (χ4n) is 0.734. The van der Waals surface area contributed by atoms with Crippen molar-refractivity contribution in [3.8, 4) is 0 Å². The fraction of sp³-hybridized carbons (Fsp3) is 0.857. The second-order valence-corrected chi connectivity index (χ2v) is 5.15. The number of hydrogen-bond acceptors (Lipinski definition) is 6. The van der Waals surface area contributed by atoms with Crippen molar-refractivity contribution >= 4 is 15.0 Å². The Morgan fingerprint density at radius 1 is 1.07 bits per heavy atom. The van der Waals surface area contributed by atoms with Crippen LogP contribution >= 0.6 is 0 Å². The zero-order chi connectivity index (χ0) is 11.0. The molecule has 0 unspecified atom stereocenters. The summed E-state index contributed by atoms with van der Waals surface area (Å²) in [6.45, 7) is 1.95. The van der Waals surface area contributed by atoms with Gasteiger partial charge in [0.1, 0.15) is 0 Å². The van der Waals surface area contributed by atoms with Crippen molar-refractivity contribution in [1.29, 1.82) is 0 Å². The first-order valence-electron chi connectivity index (χ1n) is 4.09. The summed E-state index contributed by atoms with van der Waals surface area (Å²) in [5, 5.41) is 0. The predicted molar refractivity (Wildman–Crippen MR) is 49.8 cm³/mol. The van der Waals surface area contributed by atoms with E-state index in [4.69, 9.17) is 18.0 Å². The molecule has 0 aliphatic carbocycles. The summed E-state index contributed by atoms with van der Waals surface area (Å²) in [7, 11) is 1.48. The molecule has 0 N–H and O–H groups in total.